The fourth-order valence-corrected chi connectivity index (χ4v) is 2.82. The molecule has 0 aromatic carbocycles. The number of piperidine rings is 1. The average Bonchev–Trinajstić information content (AvgIpc) is 2.27. The van der Waals surface area contributed by atoms with Crippen LogP contribution >= 0.6 is 15.9 Å². The van der Waals surface area contributed by atoms with Crippen molar-refractivity contribution in [3.8, 4) is 0 Å². The fourth-order valence-electron chi connectivity index (χ4n) is 2.23. The van der Waals surface area contributed by atoms with Crippen LogP contribution < -0.4 is 10.9 Å². The van der Waals surface area contributed by atoms with Gasteiger partial charge in [0, 0.05) is 22.8 Å². The van der Waals surface area contributed by atoms with Crippen molar-refractivity contribution in [2.75, 3.05) is 13.1 Å². The molecule has 0 amide bonds. The molecule has 0 bridgehead atoms. The van der Waals surface area contributed by atoms with Gasteiger partial charge in [-0.15, -0.1) is 0 Å². The van der Waals surface area contributed by atoms with E-state index in [1.54, 1.807) is 0 Å². The number of hydrogen-bond donors (Lipinski definition) is 1. The standard InChI is InChI=1S/C12H17BrN2O/c1-9-5-11(13)8-15(12(9)16)7-10-3-2-4-14-6-10/h5,8,10,14H,2-4,6-7H2,1H3. The highest BCUT2D eigenvalue weighted by Crippen LogP contribution is 2.14. The van der Waals surface area contributed by atoms with Crippen molar-refractivity contribution in [3.05, 3.63) is 32.7 Å². The van der Waals surface area contributed by atoms with E-state index in [9.17, 15) is 4.79 Å². The Labute approximate surface area is 104 Å². The van der Waals surface area contributed by atoms with Crippen LogP contribution in [-0.4, -0.2) is 17.7 Å². The van der Waals surface area contributed by atoms with Gasteiger partial charge in [-0.05, 0) is 60.8 Å². The Morgan fingerprint density at radius 2 is 2.44 bits per heavy atom. The van der Waals surface area contributed by atoms with Crippen molar-refractivity contribution >= 4 is 15.9 Å². The quantitative estimate of drug-likeness (QED) is 0.900. The van der Waals surface area contributed by atoms with E-state index in [4.69, 9.17) is 0 Å². The summed E-state index contributed by atoms with van der Waals surface area (Å²) in [6.07, 6.45) is 4.32. The Kier molecular flexibility index (Phi) is 3.82. The number of halogens is 1. The lowest BCUT2D eigenvalue weighted by Gasteiger charge is -2.23. The predicted molar refractivity (Wildman–Crippen MR) is 68.7 cm³/mol. The average molecular weight is 285 g/mol. The molecule has 1 fully saturated rings. The van der Waals surface area contributed by atoms with Gasteiger partial charge in [-0.1, -0.05) is 0 Å². The highest BCUT2D eigenvalue weighted by molar-refractivity contribution is 9.10. The summed E-state index contributed by atoms with van der Waals surface area (Å²) in [6.45, 7) is 4.83. The molecule has 0 radical (unpaired) electrons. The third-order valence-electron chi connectivity index (χ3n) is 3.09. The Bertz CT molecular complexity index is 422. The molecule has 88 valence electrons. The van der Waals surface area contributed by atoms with Gasteiger partial charge in [0.15, 0.2) is 0 Å². The van der Waals surface area contributed by atoms with Crippen LogP contribution in [0.25, 0.3) is 0 Å². The van der Waals surface area contributed by atoms with Crippen LogP contribution in [0, 0.1) is 12.8 Å². The topological polar surface area (TPSA) is 34.0 Å². The number of hydrogen-bond acceptors (Lipinski definition) is 2. The lowest BCUT2D eigenvalue weighted by Crippen LogP contribution is -2.35. The van der Waals surface area contributed by atoms with Crippen LogP contribution in [0.2, 0.25) is 0 Å². The molecular formula is C12H17BrN2O. The summed E-state index contributed by atoms with van der Waals surface area (Å²) < 4.78 is 2.81. The molecule has 16 heavy (non-hydrogen) atoms. The largest absolute Gasteiger partial charge is 0.316 e. The van der Waals surface area contributed by atoms with Crippen LogP contribution in [0.5, 0.6) is 0 Å². The third kappa shape index (κ3) is 2.74. The van der Waals surface area contributed by atoms with E-state index in [0.29, 0.717) is 5.92 Å². The van der Waals surface area contributed by atoms with Crippen LogP contribution in [0.1, 0.15) is 18.4 Å². The highest BCUT2D eigenvalue weighted by Gasteiger charge is 2.14. The lowest BCUT2D eigenvalue weighted by atomic mass is 9.99. The van der Waals surface area contributed by atoms with Crippen molar-refractivity contribution in [2.45, 2.75) is 26.3 Å². The number of aryl methyl sites for hydroxylation is 1. The van der Waals surface area contributed by atoms with Gasteiger partial charge in [-0.25, -0.2) is 0 Å². The Balaban J connectivity index is 2.17. The van der Waals surface area contributed by atoms with E-state index in [2.05, 4.69) is 21.2 Å². The number of nitrogens with zero attached hydrogens (tertiary/aromatic N) is 1. The minimum absolute atomic E-state index is 0.133. The summed E-state index contributed by atoms with van der Waals surface area (Å²) in [4.78, 5) is 11.9. The van der Waals surface area contributed by atoms with Crippen LogP contribution in [0.15, 0.2) is 21.5 Å². The van der Waals surface area contributed by atoms with Gasteiger partial charge in [0.2, 0.25) is 0 Å². The van der Waals surface area contributed by atoms with Crippen molar-refractivity contribution in [2.24, 2.45) is 5.92 Å². The smallest absolute Gasteiger partial charge is 0.253 e. The van der Waals surface area contributed by atoms with Crippen molar-refractivity contribution in [1.29, 1.82) is 0 Å². The molecule has 1 aromatic heterocycles. The first kappa shape index (κ1) is 11.9. The van der Waals surface area contributed by atoms with Gasteiger partial charge in [-0.2, -0.15) is 0 Å². The van der Waals surface area contributed by atoms with Gasteiger partial charge < -0.3 is 9.88 Å². The highest BCUT2D eigenvalue weighted by atomic mass is 79.9. The van der Waals surface area contributed by atoms with Gasteiger partial charge >= 0.3 is 0 Å². The van der Waals surface area contributed by atoms with Gasteiger partial charge in [-0.3, -0.25) is 4.79 Å². The number of nitrogens with one attached hydrogen (secondary N) is 1. The molecule has 1 unspecified atom stereocenters. The minimum Gasteiger partial charge on any atom is -0.316 e. The Morgan fingerprint density at radius 1 is 1.62 bits per heavy atom. The van der Waals surface area contributed by atoms with E-state index in [1.807, 2.05) is 23.8 Å². The van der Waals surface area contributed by atoms with Crippen molar-refractivity contribution in [3.63, 3.8) is 0 Å². The molecule has 1 aliphatic heterocycles. The lowest BCUT2D eigenvalue weighted by molar-refractivity contribution is 0.333. The summed E-state index contributed by atoms with van der Waals surface area (Å²) in [5, 5.41) is 3.38. The zero-order valence-electron chi connectivity index (χ0n) is 9.50. The predicted octanol–water partition coefficient (Wildman–Crippen LogP) is 1.92. The van der Waals surface area contributed by atoms with E-state index >= 15 is 0 Å². The first-order valence-electron chi connectivity index (χ1n) is 5.74. The van der Waals surface area contributed by atoms with Crippen LogP contribution in [-0.2, 0) is 6.54 Å². The molecule has 1 aromatic rings. The molecular weight excluding hydrogens is 268 g/mol. The first-order chi connectivity index (χ1) is 7.66. The number of pyridine rings is 1. The second-order valence-corrected chi connectivity index (χ2v) is 5.43. The molecule has 1 aliphatic rings. The summed E-state index contributed by atoms with van der Waals surface area (Å²) in [5.41, 5.74) is 0.937. The van der Waals surface area contributed by atoms with E-state index in [0.717, 1.165) is 29.7 Å². The zero-order chi connectivity index (χ0) is 11.5. The van der Waals surface area contributed by atoms with Crippen LogP contribution in [0.3, 0.4) is 0 Å². The molecule has 3 nitrogen and oxygen atoms in total. The first-order valence-corrected chi connectivity index (χ1v) is 6.53. The summed E-state index contributed by atoms with van der Waals surface area (Å²) >= 11 is 3.44. The Hall–Kier alpha value is -0.610. The monoisotopic (exact) mass is 284 g/mol. The molecule has 4 heteroatoms. The second kappa shape index (κ2) is 5.15. The van der Waals surface area contributed by atoms with E-state index in [-0.39, 0.29) is 5.56 Å². The molecule has 0 saturated carbocycles. The minimum atomic E-state index is 0.133. The normalized spacial score (nSPS) is 21.0. The molecule has 0 aliphatic carbocycles. The SMILES string of the molecule is Cc1cc(Br)cn(CC2CCCNC2)c1=O. The molecule has 1 N–H and O–H groups in total. The second-order valence-electron chi connectivity index (χ2n) is 4.51. The molecule has 1 atom stereocenters. The fraction of sp³-hybridized carbons (Fsp3) is 0.583. The van der Waals surface area contributed by atoms with Crippen molar-refractivity contribution in [1.82, 2.24) is 9.88 Å². The van der Waals surface area contributed by atoms with Gasteiger partial charge in [0.05, 0.1) is 0 Å². The van der Waals surface area contributed by atoms with E-state index in [1.165, 1.54) is 12.8 Å². The van der Waals surface area contributed by atoms with Crippen LogP contribution in [0.4, 0.5) is 0 Å². The van der Waals surface area contributed by atoms with Gasteiger partial charge in [0.1, 0.15) is 0 Å². The zero-order valence-corrected chi connectivity index (χ0v) is 11.1. The third-order valence-corrected chi connectivity index (χ3v) is 3.52. The maximum absolute atomic E-state index is 11.9. The summed E-state index contributed by atoms with van der Waals surface area (Å²) in [6, 6.07) is 1.87. The van der Waals surface area contributed by atoms with E-state index < -0.39 is 0 Å². The molecule has 2 heterocycles. The summed E-state index contributed by atoms with van der Waals surface area (Å²) in [7, 11) is 0. The Morgan fingerprint density at radius 3 is 3.12 bits per heavy atom. The number of aromatic nitrogens is 1. The summed E-state index contributed by atoms with van der Waals surface area (Å²) in [5.74, 6) is 0.583. The maximum Gasteiger partial charge on any atom is 0.253 e. The molecule has 1 saturated heterocycles. The number of rotatable bonds is 2. The molecule has 0 spiro atoms. The van der Waals surface area contributed by atoms with Gasteiger partial charge in [0.25, 0.3) is 5.56 Å². The van der Waals surface area contributed by atoms with Crippen molar-refractivity contribution < 1.29 is 0 Å². The maximum atomic E-state index is 11.9. The molecule has 2 rings (SSSR count).